The number of allylic oxidation sites excluding steroid dienone is 18. The number of quaternary nitrogens is 1. The fourth-order valence-corrected chi connectivity index (χ4v) is 11.7. The molecule has 0 saturated carbocycles. The van der Waals surface area contributed by atoms with Crippen LogP contribution in [0.15, 0.2) is 109 Å². The first-order valence-corrected chi connectivity index (χ1v) is 40.1. The van der Waals surface area contributed by atoms with E-state index in [1.807, 2.05) is 21.1 Å². The van der Waals surface area contributed by atoms with Gasteiger partial charge in [0.15, 0.2) is 6.10 Å². The lowest BCUT2D eigenvalue weighted by Gasteiger charge is -2.24. The van der Waals surface area contributed by atoms with Gasteiger partial charge in [0, 0.05) is 12.8 Å². The van der Waals surface area contributed by atoms with Crippen LogP contribution in [-0.2, 0) is 32.7 Å². The molecule has 92 heavy (non-hydrogen) atoms. The molecule has 1 N–H and O–H groups in total. The van der Waals surface area contributed by atoms with Crippen molar-refractivity contribution in [2.24, 2.45) is 0 Å². The summed E-state index contributed by atoms with van der Waals surface area (Å²) >= 11 is 0. The van der Waals surface area contributed by atoms with Crippen molar-refractivity contribution >= 4 is 19.8 Å². The van der Waals surface area contributed by atoms with Crippen LogP contribution < -0.4 is 0 Å². The molecule has 532 valence electrons. The minimum absolute atomic E-state index is 0.0279. The first kappa shape index (κ1) is 88.7. The van der Waals surface area contributed by atoms with Crippen LogP contribution in [0, 0.1) is 0 Å². The summed E-state index contributed by atoms with van der Waals surface area (Å²) in [5, 5.41) is 0. The number of carbonyl (C=O) groups is 2. The third-order valence-corrected chi connectivity index (χ3v) is 17.8. The third kappa shape index (κ3) is 75.7. The van der Waals surface area contributed by atoms with Crippen molar-refractivity contribution in [3.8, 4) is 0 Å². The van der Waals surface area contributed by atoms with Crippen molar-refractivity contribution in [1.82, 2.24) is 0 Å². The van der Waals surface area contributed by atoms with E-state index in [1.54, 1.807) is 0 Å². The first-order valence-electron chi connectivity index (χ1n) is 38.6. The van der Waals surface area contributed by atoms with Gasteiger partial charge in [0.25, 0.3) is 0 Å². The zero-order valence-electron chi connectivity index (χ0n) is 60.8. The van der Waals surface area contributed by atoms with Crippen molar-refractivity contribution in [1.29, 1.82) is 0 Å². The van der Waals surface area contributed by atoms with Gasteiger partial charge in [-0.1, -0.05) is 342 Å². The average Bonchev–Trinajstić information content (AvgIpc) is 2.14. The minimum Gasteiger partial charge on any atom is -0.462 e. The highest BCUT2D eigenvalue weighted by molar-refractivity contribution is 7.47. The van der Waals surface area contributed by atoms with E-state index >= 15 is 0 Å². The Balaban J connectivity index is 4.02. The highest BCUT2D eigenvalue weighted by atomic mass is 31.2. The van der Waals surface area contributed by atoms with Crippen molar-refractivity contribution in [3.05, 3.63) is 109 Å². The number of phosphoric ester groups is 1. The Kier molecular flexibility index (Phi) is 69.3. The molecule has 0 bridgehead atoms. The molecule has 0 rings (SSSR count). The van der Waals surface area contributed by atoms with E-state index in [2.05, 4.69) is 123 Å². The van der Waals surface area contributed by atoms with Gasteiger partial charge < -0.3 is 18.9 Å². The maximum atomic E-state index is 12.9. The number of phosphoric acid groups is 1. The molecule has 0 aliphatic heterocycles. The molecule has 0 fully saturated rings. The number of esters is 2. The van der Waals surface area contributed by atoms with E-state index in [1.165, 1.54) is 218 Å². The van der Waals surface area contributed by atoms with E-state index in [0.29, 0.717) is 17.4 Å². The standard InChI is InChI=1S/C82H146NO8P/c1-6-8-10-12-14-16-18-20-22-24-26-28-30-32-34-36-38-40-41-43-45-47-49-51-53-55-57-59-61-63-65-67-69-71-73-75-82(85)91-80(79-90-92(86,87)89-77-76-83(3,4)5)78-88-81(84)74-72-70-68-66-64-62-60-58-56-54-52-50-48-46-44-42-39-37-35-33-31-29-27-25-23-21-19-17-15-13-11-9-7-2/h8,10,14,16,20,22,25-28,32,34,38,40,43,45,49,51,80H,6-7,9,11-13,15,17-19,21,23-24,29-31,33,35-37,39,41-42,44,46-48,50,52-79H2,1-5H3/p+1/b10-8-,16-14-,22-20-,27-25-,28-26-,34-32-,40-38-,45-43-,51-49-. The van der Waals surface area contributed by atoms with Gasteiger partial charge in [0.2, 0.25) is 0 Å². The Hall–Kier alpha value is -3.33. The summed E-state index contributed by atoms with van der Waals surface area (Å²) in [6.07, 6.45) is 102. The Bertz CT molecular complexity index is 1920. The molecule has 9 nitrogen and oxygen atoms in total. The number of likely N-dealkylation sites (N-methyl/N-ethyl adjacent to an activating group) is 1. The third-order valence-electron chi connectivity index (χ3n) is 16.8. The summed E-state index contributed by atoms with van der Waals surface area (Å²) in [4.78, 5) is 36.0. The second-order valence-corrected chi connectivity index (χ2v) is 28.5. The molecule has 0 heterocycles. The summed E-state index contributed by atoms with van der Waals surface area (Å²) in [6.45, 7) is 4.35. The van der Waals surface area contributed by atoms with Crippen LogP contribution in [0.1, 0.15) is 348 Å². The second kappa shape index (κ2) is 72.0. The minimum atomic E-state index is -4.40. The highest BCUT2D eigenvalue weighted by Gasteiger charge is 2.27. The van der Waals surface area contributed by atoms with Gasteiger partial charge in [-0.05, 0) is 103 Å². The fourth-order valence-electron chi connectivity index (χ4n) is 10.9. The number of ether oxygens (including phenoxy) is 2. The quantitative estimate of drug-likeness (QED) is 0.0211. The molecule has 0 aliphatic rings. The summed E-state index contributed by atoms with van der Waals surface area (Å²) < 4.78 is 34.8. The van der Waals surface area contributed by atoms with Crippen LogP contribution in [0.5, 0.6) is 0 Å². The summed E-state index contributed by atoms with van der Waals surface area (Å²) in [7, 11) is 1.48. The van der Waals surface area contributed by atoms with Crippen molar-refractivity contribution in [3.63, 3.8) is 0 Å². The van der Waals surface area contributed by atoms with Crippen LogP contribution in [0.2, 0.25) is 0 Å². The largest absolute Gasteiger partial charge is 0.472 e. The molecule has 2 atom stereocenters. The number of rotatable bonds is 71. The molecule has 0 saturated heterocycles. The molecule has 10 heteroatoms. The van der Waals surface area contributed by atoms with Gasteiger partial charge >= 0.3 is 19.8 Å². The summed E-state index contributed by atoms with van der Waals surface area (Å²) in [6, 6.07) is 0. The van der Waals surface area contributed by atoms with Gasteiger partial charge in [0.1, 0.15) is 19.8 Å². The Morgan fingerprint density at radius 3 is 0.935 bits per heavy atom. The van der Waals surface area contributed by atoms with E-state index in [-0.39, 0.29) is 32.0 Å². The van der Waals surface area contributed by atoms with E-state index in [4.69, 9.17) is 18.5 Å². The van der Waals surface area contributed by atoms with E-state index in [0.717, 1.165) is 96.3 Å². The normalized spacial score (nSPS) is 13.7. The Labute approximate surface area is 569 Å². The number of carbonyl (C=O) groups excluding carboxylic acids is 2. The predicted molar refractivity (Wildman–Crippen MR) is 399 cm³/mol. The molecule has 0 amide bonds. The lowest BCUT2D eigenvalue weighted by atomic mass is 10.0. The zero-order valence-corrected chi connectivity index (χ0v) is 61.7. The average molecular weight is 1310 g/mol. The number of hydrogen-bond acceptors (Lipinski definition) is 7. The van der Waals surface area contributed by atoms with E-state index in [9.17, 15) is 19.0 Å². The maximum Gasteiger partial charge on any atom is 0.472 e. The van der Waals surface area contributed by atoms with Crippen LogP contribution in [0.3, 0.4) is 0 Å². The number of nitrogens with zero attached hydrogens (tertiary/aromatic N) is 1. The highest BCUT2D eigenvalue weighted by Crippen LogP contribution is 2.43. The zero-order chi connectivity index (χ0) is 66.9. The van der Waals surface area contributed by atoms with Crippen molar-refractivity contribution in [2.75, 3.05) is 47.5 Å². The fraction of sp³-hybridized carbons (Fsp3) is 0.756. The topological polar surface area (TPSA) is 108 Å². The van der Waals surface area contributed by atoms with Crippen LogP contribution >= 0.6 is 7.82 Å². The van der Waals surface area contributed by atoms with Gasteiger partial charge in [0.05, 0.1) is 27.7 Å². The summed E-state index contributed by atoms with van der Waals surface area (Å²) in [5.41, 5.74) is 0. The lowest BCUT2D eigenvalue weighted by Crippen LogP contribution is -2.37. The van der Waals surface area contributed by atoms with Crippen LogP contribution in [-0.4, -0.2) is 74.9 Å². The molecule has 0 aromatic rings. The predicted octanol–water partition coefficient (Wildman–Crippen LogP) is 25.6. The number of hydrogen-bond donors (Lipinski definition) is 1. The molecular formula is C82H147NO8P+. The lowest BCUT2D eigenvalue weighted by molar-refractivity contribution is -0.870. The van der Waals surface area contributed by atoms with Gasteiger partial charge in [-0.3, -0.25) is 18.6 Å². The van der Waals surface area contributed by atoms with Crippen LogP contribution in [0.25, 0.3) is 0 Å². The SMILES string of the molecule is CC/C=C\C/C=C\C/C=C\C/C=C\C/C=C\C/C=C\C/C=C\C/C=C\CCCCCCCCCCCCC(=O)OC(COC(=O)CCCCCCCCCCCCCCCCCCCCCCC/C=C\CCCCCCCCCC)COP(=O)(O)OCC[N+](C)(C)C. The monoisotopic (exact) mass is 1310 g/mol. The maximum absolute atomic E-state index is 12.9. The smallest absolute Gasteiger partial charge is 0.462 e. The number of unbranched alkanes of at least 4 members (excludes halogenated alkanes) is 39. The summed E-state index contributed by atoms with van der Waals surface area (Å²) in [5.74, 6) is -0.793. The van der Waals surface area contributed by atoms with Gasteiger partial charge in [-0.25, -0.2) is 4.57 Å². The molecule has 0 aromatic heterocycles. The molecule has 2 unspecified atom stereocenters. The molecular weight excluding hydrogens is 1160 g/mol. The molecule has 0 spiro atoms. The van der Waals surface area contributed by atoms with Crippen molar-refractivity contribution in [2.45, 2.75) is 354 Å². The molecule has 0 radical (unpaired) electrons. The van der Waals surface area contributed by atoms with Gasteiger partial charge in [-0.2, -0.15) is 0 Å². The van der Waals surface area contributed by atoms with E-state index < -0.39 is 26.5 Å². The van der Waals surface area contributed by atoms with Crippen molar-refractivity contribution < 1.29 is 42.1 Å². The Morgan fingerprint density at radius 1 is 0.348 bits per heavy atom. The Morgan fingerprint density at radius 2 is 0.620 bits per heavy atom. The molecule has 0 aliphatic carbocycles. The van der Waals surface area contributed by atoms with Crippen LogP contribution in [0.4, 0.5) is 0 Å². The second-order valence-electron chi connectivity index (χ2n) is 27.0. The molecule has 0 aromatic carbocycles. The van der Waals surface area contributed by atoms with Gasteiger partial charge in [-0.15, -0.1) is 0 Å². The first-order chi connectivity index (χ1) is 45.0.